The van der Waals surface area contributed by atoms with Crippen molar-refractivity contribution in [1.82, 2.24) is 15.3 Å². The van der Waals surface area contributed by atoms with Gasteiger partial charge in [-0.1, -0.05) is 44.7 Å². The van der Waals surface area contributed by atoms with Crippen LogP contribution in [0.2, 0.25) is 0 Å². The lowest BCUT2D eigenvalue weighted by molar-refractivity contribution is -0.118. The molecule has 0 fully saturated rings. The fourth-order valence-corrected chi connectivity index (χ4v) is 3.32. The van der Waals surface area contributed by atoms with Crippen molar-refractivity contribution in [2.75, 3.05) is 12.3 Å². The molecule has 0 aliphatic rings. The molecular weight excluding hydrogens is 330 g/mol. The Morgan fingerprint density at radius 2 is 1.72 bits per heavy atom. The Balaban J connectivity index is 1.86. The summed E-state index contributed by atoms with van der Waals surface area (Å²) in [5.74, 6) is 0.351. The van der Waals surface area contributed by atoms with Gasteiger partial charge >= 0.3 is 0 Å². The number of carbonyl (C=O) groups excluding carboxylic acids is 1. The molecule has 1 N–H and O–H groups in total. The molecule has 0 unspecified atom stereocenters. The van der Waals surface area contributed by atoms with Crippen molar-refractivity contribution in [2.45, 2.75) is 51.6 Å². The minimum Gasteiger partial charge on any atom is -0.355 e. The molecular formula is C20H27N3OS. The number of carbonyl (C=O) groups is 1. The molecule has 1 amide bonds. The van der Waals surface area contributed by atoms with Crippen LogP contribution in [-0.4, -0.2) is 28.2 Å². The first-order valence-electron chi connectivity index (χ1n) is 8.54. The van der Waals surface area contributed by atoms with Crippen molar-refractivity contribution in [3.63, 3.8) is 0 Å². The molecule has 0 bridgehead atoms. The molecule has 1 aromatic heterocycles. The maximum atomic E-state index is 12.0. The SMILES string of the molecule is Cc1cc(C(C)(C)C)cc(C)c1CCNC(=O)CSc1ncccn1. The predicted octanol–water partition coefficient (Wildman–Crippen LogP) is 3.84. The van der Waals surface area contributed by atoms with Gasteiger partial charge in [0.1, 0.15) is 0 Å². The molecule has 0 radical (unpaired) electrons. The van der Waals surface area contributed by atoms with Gasteiger partial charge in [0.2, 0.25) is 5.91 Å². The smallest absolute Gasteiger partial charge is 0.230 e. The second kappa shape index (κ2) is 8.48. The molecule has 0 saturated carbocycles. The van der Waals surface area contributed by atoms with E-state index in [1.807, 2.05) is 0 Å². The predicted molar refractivity (Wildman–Crippen MR) is 104 cm³/mol. The second-order valence-electron chi connectivity index (χ2n) is 7.26. The number of aryl methyl sites for hydroxylation is 2. The van der Waals surface area contributed by atoms with E-state index >= 15 is 0 Å². The number of benzene rings is 1. The average molecular weight is 358 g/mol. The molecule has 0 saturated heterocycles. The van der Waals surface area contributed by atoms with Crippen LogP contribution >= 0.6 is 11.8 Å². The van der Waals surface area contributed by atoms with E-state index in [9.17, 15) is 4.79 Å². The summed E-state index contributed by atoms with van der Waals surface area (Å²) in [5, 5.41) is 3.61. The number of hydrogen-bond acceptors (Lipinski definition) is 4. The zero-order valence-corrected chi connectivity index (χ0v) is 16.5. The van der Waals surface area contributed by atoms with Gasteiger partial charge in [0, 0.05) is 18.9 Å². The number of nitrogens with one attached hydrogen (secondary N) is 1. The van der Waals surface area contributed by atoms with E-state index in [1.165, 1.54) is 34.0 Å². The third-order valence-electron chi connectivity index (χ3n) is 4.13. The van der Waals surface area contributed by atoms with E-state index in [0.717, 1.165) is 6.42 Å². The van der Waals surface area contributed by atoms with Crippen molar-refractivity contribution < 1.29 is 4.79 Å². The van der Waals surface area contributed by atoms with E-state index in [-0.39, 0.29) is 11.3 Å². The normalized spacial score (nSPS) is 11.4. The number of amides is 1. The molecule has 1 heterocycles. The van der Waals surface area contributed by atoms with Gasteiger partial charge in [-0.25, -0.2) is 9.97 Å². The first kappa shape index (κ1) is 19.4. The topological polar surface area (TPSA) is 54.9 Å². The minimum atomic E-state index is 0.0130. The first-order valence-corrected chi connectivity index (χ1v) is 9.53. The Kier molecular flexibility index (Phi) is 6.59. The molecule has 2 rings (SSSR count). The van der Waals surface area contributed by atoms with Gasteiger partial charge in [-0.2, -0.15) is 0 Å². The van der Waals surface area contributed by atoms with Crippen LogP contribution in [0, 0.1) is 13.8 Å². The quantitative estimate of drug-likeness (QED) is 0.630. The Labute approximate surface area is 154 Å². The molecule has 25 heavy (non-hydrogen) atoms. The fourth-order valence-electron chi connectivity index (χ4n) is 2.69. The summed E-state index contributed by atoms with van der Waals surface area (Å²) in [6.07, 6.45) is 4.21. The summed E-state index contributed by atoms with van der Waals surface area (Å²) < 4.78 is 0. The van der Waals surface area contributed by atoms with E-state index in [0.29, 0.717) is 17.5 Å². The van der Waals surface area contributed by atoms with Crippen molar-refractivity contribution in [3.05, 3.63) is 52.8 Å². The van der Waals surface area contributed by atoms with Crippen LogP contribution < -0.4 is 5.32 Å². The van der Waals surface area contributed by atoms with Gasteiger partial charge < -0.3 is 5.32 Å². The van der Waals surface area contributed by atoms with Gasteiger partial charge in [-0.3, -0.25) is 4.79 Å². The van der Waals surface area contributed by atoms with Crippen molar-refractivity contribution in [1.29, 1.82) is 0 Å². The third-order valence-corrected chi connectivity index (χ3v) is 5.01. The Bertz CT molecular complexity index is 700. The molecule has 0 aliphatic carbocycles. The van der Waals surface area contributed by atoms with Gasteiger partial charge in [-0.05, 0) is 54.0 Å². The largest absolute Gasteiger partial charge is 0.355 e. The lowest BCUT2D eigenvalue weighted by Gasteiger charge is -2.22. The summed E-state index contributed by atoms with van der Waals surface area (Å²) in [6.45, 7) is 11.6. The number of thioether (sulfide) groups is 1. The molecule has 134 valence electrons. The number of aromatic nitrogens is 2. The van der Waals surface area contributed by atoms with Crippen LogP contribution in [0.5, 0.6) is 0 Å². The number of hydrogen-bond donors (Lipinski definition) is 1. The zero-order valence-electron chi connectivity index (χ0n) is 15.7. The Hall–Kier alpha value is -1.88. The Morgan fingerprint density at radius 3 is 2.28 bits per heavy atom. The first-order chi connectivity index (χ1) is 11.8. The highest BCUT2D eigenvalue weighted by Gasteiger charge is 2.16. The summed E-state index contributed by atoms with van der Waals surface area (Å²) in [5.41, 5.74) is 5.43. The summed E-state index contributed by atoms with van der Waals surface area (Å²) in [7, 11) is 0. The highest BCUT2D eigenvalue weighted by Crippen LogP contribution is 2.27. The fraction of sp³-hybridized carbons (Fsp3) is 0.450. The molecule has 4 nitrogen and oxygen atoms in total. The molecule has 0 atom stereocenters. The minimum absolute atomic E-state index is 0.0130. The maximum Gasteiger partial charge on any atom is 0.230 e. The second-order valence-corrected chi connectivity index (χ2v) is 8.20. The van der Waals surface area contributed by atoms with Gasteiger partial charge in [-0.15, -0.1) is 0 Å². The Morgan fingerprint density at radius 1 is 1.12 bits per heavy atom. The highest BCUT2D eigenvalue weighted by molar-refractivity contribution is 7.99. The highest BCUT2D eigenvalue weighted by atomic mass is 32.2. The molecule has 2 aromatic rings. The van der Waals surface area contributed by atoms with Crippen LogP contribution in [0.3, 0.4) is 0 Å². The van der Waals surface area contributed by atoms with Crippen molar-refractivity contribution in [2.24, 2.45) is 0 Å². The van der Waals surface area contributed by atoms with Gasteiger partial charge in [0.05, 0.1) is 5.75 Å². The molecule has 5 heteroatoms. The summed E-state index contributed by atoms with van der Waals surface area (Å²) >= 11 is 1.35. The maximum absolute atomic E-state index is 12.0. The van der Waals surface area contributed by atoms with Crippen molar-refractivity contribution >= 4 is 17.7 Å². The van der Waals surface area contributed by atoms with E-state index in [4.69, 9.17) is 0 Å². The van der Waals surface area contributed by atoms with Crippen LogP contribution in [0.1, 0.15) is 43.0 Å². The van der Waals surface area contributed by atoms with Crippen LogP contribution in [0.4, 0.5) is 0 Å². The standard InChI is InChI=1S/C20H27N3OS/c1-14-11-16(20(3,4)5)12-15(2)17(14)7-10-21-18(24)13-25-19-22-8-6-9-23-19/h6,8-9,11-12H,7,10,13H2,1-5H3,(H,21,24). The van der Waals surface area contributed by atoms with Gasteiger partial charge in [0.25, 0.3) is 0 Å². The van der Waals surface area contributed by atoms with Crippen LogP contribution in [0.15, 0.2) is 35.7 Å². The lowest BCUT2D eigenvalue weighted by atomic mass is 9.83. The molecule has 1 aromatic carbocycles. The van der Waals surface area contributed by atoms with E-state index in [2.05, 4.69) is 62.0 Å². The lowest BCUT2D eigenvalue weighted by Crippen LogP contribution is -2.27. The monoisotopic (exact) mass is 357 g/mol. The average Bonchev–Trinajstić information content (AvgIpc) is 2.55. The summed E-state index contributed by atoms with van der Waals surface area (Å²) in [4.78, 5) is 20.2. The van der Waals surface area contributed by atoms with Gasteiger partial charge in [0.15, 0.2) is 5.16 Å². The molecule has 0 aliphatic heterocycles. The van der Waals surface area contributed by atoms with Crippen LogP contribution in [0.25, 0.3) is 0 Å². The molecule has 0 spiro atoms. The number of rotatable bonds is 6. The van der Waals surface area contributed by atoms with Crippen molar-refractivity contribution in [3.8, 4) is 0 Å². The van der Waals surface area contributed by atoms with E-state index in [1.54, 1.807) is 18.5 Å². The third kappa shape index (κ3) is 5.85. The van der Waals surface area contributed by atoms with E-state index < -0.39 is 0 Å². The number of nitrogens with zero attached hydrogens (tertiary/aromatic N) is 2. The van der Waals surface area contributed by atoms with Crippen LogP contribution in [-0.2, 0) is 16.6 Å². The zero-order chi connectivity index (χ0) is 18.4. The summed E-state index contributed by atoms with van der Waals surface area (Å²) in [6, 6.07) is 6.30.